The second kappa shape index (κ2) is 6.38. The molecule has 0 saturated heterocycles. The Morgan fingerprint density at radius 1 is 1.24 bits per heavy atom. The number of hydrogen-bond acceptors (Lipinski definition) is 5. The molecule has 3 N–H and O–H groups in total. The summed E-state index contributed by atoms with van der Waals surface area (Å²) in [6.45, 7) is 3.98. The van der Waals surface area contributed by atoms with Gasteiger partial charge in [0.1, 0.15) is 11.6 Å². The molecule has 1 heterocycles. The smallest absolute Gasteiger partial charge is 0.265 e. The molecule has 0 aliphatic carbocycles. The molecule has 0 aliphatic rings. The van der Waals surface area contributed by atoms with E-state index in [2.05, 4.69) is 11.1 Å². The number of phenols is 1. The van der Waals surface area contributed by atoms with Crippen molar-refractivity contribution in [2.75, 3.05) is 0 Å². The van der Waals surface area contributed by atoms with E-state index in [9.17, 15) is 9.90 Å². The van der Waals surface area contributed by atoms with Crippen molar-refractivity contribution in [3.8, 4) is 17.5 Å². The third-order valence-corrected chi connectivity index (χ3v) is 4.12. The van der Waals surface area contributed by atoms with Crippen molar-refractivity contribution in [1.82, 2.24) is 9.55 Å². The maximum absolute atomic E-state index is 13.1. The van der Waals surface area contributed by atoms with Crippen LogP contribution in [0.5, 0.6) is 5.75 Å². The number of fused-ring (bicyclic) bond motifs is 1. The molecule has 6 heteroatoms. The van der Waals surface area contributed by atoms with E-state index in [1.54, 1.807) is 34.9 Å². The van der Waals surface area contributed by atoms with Gasteiger partial charge < -0.3 is 10.8 Å². The molecule has 0 saturated carbocycles. The lowest BCUT2D eigenvalue weighted by Crippen LogP contribution is -2.25. The Labute approximate surface area is 144 Å². The quantitative estimate of drug-likeness (QED) is 0.766. The molecule has 2 aromatic carbocycles. The van der Waals surface area contributed by atoms with Gasteiger partial charge in [0.05, 0.1) is 28.2 Å². The lowest BCUT2D eigenvalue weighted by atomic mass is 10.1. The zero-order valence-electron chi connectivity index (χ0n) is 14.0. The molecule has 6 nitrogen and oxygen atoms in total. The number of nitrogens with zero attached hydrogens (tertiary/aromatic N) is 3. The van der Waals surface area contributed by atoms with Crippen LogP contribution in [0, 0.1) is 11.3 Å². The van der Waals surface area contributed by atoms with Crippen LogP contribution >= 0.6 is 0 Å². The van der Waals surface area contributed by atoms with Crippen molar-refractivity contribution >= 4 is 10.9 Å². The Kier molecular flexibility index (Phi) is 4.26. The number of hydrogen-bond donors (Lipinski definition) is 2. The molecule has 3 rings (SSSR count). The molecule has 126 valence electrons. The molecule has 0 radical (unpaired) electrons. The van der Waals surface area contributed by atoms with Gasteiger partial charge in [-0.3, -0.25) is 9.36 Å². The van der Waals surface area contributed by atoms with Crippen LogP contribution in [-0.2, 0) is 6.54 Å². The van der Waals surface area contributed by atoms with Crippen LogP contribution in [0.15, 0.2) is 41.2 Å². The Morgan fingerprint density at radius 3 is 2.48 bits per heavy atom. The maximum Gasteiger partial charge on any atom is 0.265 e. The van der Waals surface area contributed by atoms with E-state index in [0.29, 0.717) is 33.5 Å². The summed E-state index contributed by atoms with van der Waals surface area (Å²) in [5, 5.41) is 19.4. The molecule has 25 heavy (non-hydrogen) atoms. The highest BCUT2D eigenvalue weighted by molar-refractivity contribution is 5.83. The van der Waals surface area contributed by atoms with Gasteiger partial charge in [0.2, 0.25) is 0 Å². The normalized spacial score (nSPS) is 11.0. The zero-order valence-corrected chi connectivity index (χ0v) is 14.0. The number of aromatic hydroxyl groups is 1. The lowest BCUT2D eigenvalue weighted by molar-refractivity contribution is 0.469. The third kappa shape index (κ3) is 2.75. The number of rotatable bonds is 3. The predicted octanol–water partition coefficient (Wildman–Crippen LogP) is 2.55. The van der Waals surface area contributed by atoms with Crippen molar-refractivity contribution in [1.29, 1.82) is 5.26 Å². The van der Waals surface area contributed by atoms with Gasteiger partial charge in [-0.2, -0.15) is 5.26 Å². The number of nitriles is 1. The van der Waals surface area contributed by atoms with Crippen molar-refractivity contribution in [2.24, 2.45) is 5.73 Å². The molecular formula is C19H18N4O2. The summed E-state index contributed by atoms with van der Waals surface area (Å²) in [6, 6.07) is 11.9. The zero-order chi connectivity index (χ0) is 18.1. The number of benzene rings is 2. The first-order chi connectivity index (χ1) is 12.0. The summed E-state index contributed by atoms with van der Waals surface area (Å²) in [7, 11) is 0. The minimum absolute atomic E-state index is 0.0271. The Bertz CT molecular complexity index is 1040. The monoisotopic (exact) mass is 334 g/mol. The van der Waals surface area contributed by atoms with Crippen LogP contribution in [0.2, 0.25) is 0 Å². The first-order valence-corrected chi connectivity index (χ1v) is 7.96. The van der Waals surface area contributed by atoms with Gasteiger partial charge in [-0.25, -0.2) is 4.98 Å². The average molecular weight is 334 g/mol. The van der Waals surface area contributed by atoms with Gasteiger partial charge in [-0.1, -0.05) is 13.8 Å². The molecule has 1 aromatic heterocycles. The molecule has 3 aromatic rings. The molecule has 0 aliphatic heterocycles. The van der Waals surface area contributed by atoms with Gasteiger partial charge >= 0.3 is 0 Å². The molecule has 0 unspecified atom stereocenters. The fourth-order valence-electron chi connectivity index (χ4n) is 2.84. The van der Waals surface area contributed by atoms with Crippen molar-refractivity contribution < 1.29 is 5.11 Å². The van der Waals surface area contributed by atoms with E-state index in [0.717, 1.165) is 0 Å². The van der Waals surface area contributed by atoms with Gasteiger partial charge in [0.25, 0.3) is 5.56 Å². The van der Waals surface area contributed by atoms with E-state index in [-0.39, 0.29) is 23.8 Å². The average Bonchev–Trinajstić information content (AvgIpc) is 2.61. The maximum atomic E-state index is 13.1. The molecule has 0 amide bonds. The highest BCUT2D eigenvalue weighted by atomic mass is 16.3. The number of phenolic OH excluding ortho intramolecular Hbond substituents is 1. The van der Waals surface area contributed by atoms with Crippen LogP contribution in [0.4, 0.5) is 0 Å². The van der Waals surface area contributed by atoms with Crippen molar-refractivity contribution in [3.05, 3.63) is 63.7 Å². The largest absolute Gasteiger partial charge is 0.508 e. The molecular weight excluding hydrogens is 316 g/mol. The van der Waals surface area contributed by atoms with Crippen LogP contribution in [0.1, 0.15) is 36.7 Å². The van der Waals surface area contributed by atoms with E-state index >= 15 is 0 Å². The molecule has 0 bridgehead atoms. The van der Waals surface area contributed by atoms with Gasteiger partial charge in [0, 0.05) is 18.0 Å². The van der Waals surface area contributed by atoms with E-state index in [4.69, 9.17) is 11.0 Å². The first-order valence-electron chi connectivity index (χ1n) is 7.96. The Balaban J connectivity index is 2.40. The van der Waals surface area contributed by atoms with E-state index in [1.807, 2.05) is 13.8 Å². The summed E-state index contributed by atoms with van der Waals surface area (Å²) in [5.74, 6) is 0.580. The van der Waals surface area contributed by atoms with Crippen LogP contribution in [-0.4, -0.2) is 14.7 Å². The lowest BCUT2D eigenvalue weighted by Gasteiger charge is -2.17. The molecule has 0 fully saturated rings. The summed E-state index contributed by atoms with van der Waals surface area (Å²) in [5.41, 5.74) is 7.56. The highest BCUT2D eigenvalue weighted by Crippen LogP contribution is 2.26. The fraction of sp³-hybridized carbons (Fsp3) is 0.211. The SMILES string of the molecule is CC(C)c1nc2c(CN)c(O)ccc2c(=O)n1-c1ccc(C#N)cc1. The second-order valence-electron chi connectivity index (χ2n) is 6.09. The van der Waals surface area contributed by atoms with Gasteiger partial charge in [0.15, 0.2) is 0 Å². The highest BCUT2D eigenvalue weighted by Gasteiger charge is 2.18. The van der Waals surface area contributed by atoms with Crippen molar-refractivity contribution in [2.45, 2.75) is 26.3 Å². The van der Waals surface area contributed by atoms with E-state index in [1.165, 1.54) is 6.07 Å². The minimum atomic E-state index is -0.229. The van der Waals surface area contributed by atoms with Crippen molar-refractivity contribution in [3.63, 3.8) is 0 Å². The second-order valence-corrected chi connectivity index (χ2v) is 6.09. The first kappa shape index (κ1) is 16.7. The Hall–Kier alpha value is -3.17. The predicted molar refractivity (Wildman–Crippen MR) is 95.7 cm³/mol. The van der Waals surface area contributed by atoms with Crippen LogP contribution < -0.4 is 11.3 Å². The van der Waals surface area contributed by atoms with E-state index < -0.39 is 0 Å². The van der Waals surface area contributed by atoms with Crippen LogP contribution in [0.25, 0.3) is 16.6 Å². The fourth-order valence-corrected chi connectivity index (χ4v) is 2.84. The summed E-state index contributed by atoms with van der Waals surface area (Å²) >= 11 is 0. The summed E-state index contributed by atoms with van der Waals surface area (Å²) in [4.78, 5) is 17.8. The topological polar surface area (TPSA) is 105 Å². The summed E-state index contributed by atoms with van der Waals surface area (Å²) in [6.07, 6.45) is 0. The standard InChI is InChI=1S/C19H18N4O2/c1-11(2)18-22-17-14(7-8-16(24)15(17)10-21)19(25)23(18)13-5-3-12(9-20)4-6-13/h3-8,11,24H,10,21H2,1-2H3. The Morgan fingerprint density at radius 2 is 1.92 bits per heavy atom. The van der Waals surface area contributed by atoms with Crippen LogP contribution in [0.3, 0.4) is 0 Å². The summed E-state index contributed by atoms with van der Waals surface area (Å²) < 4.78 is 1.55. The van der Waals surface area contributed by atoms with Gasteiger partial charge in [-0.05, 0) is 36.4 Å². The minimum Gasteiger partial charge on any atom is -0.508 e. The van der Waals surface area contributed by atoms with Gasteiger partial charge in [-0.15, -0.1) is 0 Å². The molecule has 0 spiro atoms. The molecule has 0 atom stereocenters. The third-order valence-electron chi connectivity index (χ3n) is 4.12. The number of aromatic nitrogens is 2. The number of nitrogens with two attached hydrogens (primary N) is 1.